The van der Waals surface area contributed by atoms with E-state index in [1.54, 1.807) is 4.31 Å². The second kappa shape index (κ2) is 5.69. The van der Waals surface area contributed by atoms with Crippen LogP contribution in [0.5, 0.6) is 0 Å². The summed E-state index contributed by atoms with van der Waals surface area (Å²) in [5.41, 5.74) is 0.216. The van der Waals surface area contributed by atoms with E-state index in [2.05, 4.69) is 13.8 Å². The van der Waals surface area contributed by atoms with Crippen LogP contribution < -0.4 is 0 Å². The van der Waals surface area contributed by atoms with Crippen molar-refractivity contribution in [2.75, 3.05) is 24.7 Å². The lowest BCUT2D eigenvalue weighted by molar-refractivity contribution is 0.279. The third-order valence-corrected chi connectivity index (χ3v) is 6.00. The van der Waals surface area contributed by atoms with Crippen LogP contribution in [0.2, 0.25) is 0 Å². The first-order valence-electron chi connectivity index (χ1n) is 6.03. The highest BCUT2D eigenvalue weighted by atomic mass is 35.5. The van der Waals surface area contributed by atoms with E-state index in [1.165, 1.54) is 0 Å². The van der Waals surface area contributed by atoms with Gasteiger partial charge in [0, 0.05) is 19.0 Å². The van der Waals surface area contributed by atoms with Crippen molar-refractivity contribution in [2.45, 2.75) is 39.5 Å². The molecule has 0 aromatic heterocycles. The Labute approximate surface area is 104 Å². The summed E-state index contributed by atoms with van der Waals surface area (Å²) in [6.45, 7) is 5.69. The number of nitrogens with zero attached hydrogens (tertiary/aromatic N) is 1. The topological polar surface area (TPSA) is 37.4 Å². The maximum absolute atomic E-state index is 12.0. The van der Waals surface area contributed by atoms with Crippen molar-refractivity contribution in [3.05, 3.63) is 0 Å². The predicted molar refractivity (Wildman–Crippen MR) is 68.3 cm³/mol. The monoisotopic (exact) mass is 267 g/mol. The summed E-state index contributed by atoms with van der Waals surface area (Å²) in [5, 5.41) is 0. The highest BCUT2D eigenvalue weighted by Crippen LogP contribution is 2.38. The Kier molecular flexibility index (Phi) is 5.08. The van der Waals surface area contributed by atoms with Crippen LogP contribution in [-0.2, 0) is 10.0 Å². The molecule has 1 aliphatic heterocycles. The number of sulfonamides is 1. The lowest BCUT2D eigenvalue weighted by Gasteiger charge is -2.26. The highest BCUT2D eigenvalue weighted by molar-refractivity contribution is 7.89. The molecule has 0 bridgehead atoms. The third kappa shape index (κ3) is 3.11. The van der Waals surface area contributed by atoms with Gasteiger partial charge in [-0.15, -0.1) is 11.6 Å². The molecule has 16 heavy (non-hydrogen) atoms. The Morgan fingerprint density at radius 2 is 1.94 bits per heavy atom. The molecule has 0 aromatic carbocycles. The van der Waals surface area contributed by atoms with E-state index in [4.69, 9.17) is 11.6 Å². The zero-order valence-corrected chi connectivity index (χ0v) is 11.8. The van der Waals surface area contributed by atoms with Crippen LogP contribution in [0, 0.1) is 5.41 Å². The minimum atomic E-state index is -3.06. The fourth-order valence-electron chi connectivity index (χ4n) is 2.32. The summed E-state index contributed by atoms with van der Waals surface area (Å²) in [4.78, 5) is 0. The number of halogens is 1. The van der Waals surface area contributed by atoms with Gasteiger partial charge >= 0.3 is 0 Å². The van der Waals surface area contributed by atoms with Crippen LogP contribution in [0.1, 0.15) is 39.5 Å². The number of alkyl halides is 1. The molecule has 0 radical (unpaired) electrons. The first-order valence-corrected chi connectivity index (χ1v) is 8.18. The Balaban J connectivity index is 2.65. The molecule has 0 unspecified atom stereocenters. The molecule has 0 aromatic rings. The summed E-state index contributed by atoms with van der Waals surface area (Å²) in [6.07, 6.45) is 3.67. The molecule has 1 rings (SSSR count). The fourth-order valence-corrected chi connectivity index (χ4v) is 4.22. The van der Waals surface area contributed by atoms with Gasteiger partial charge in [0.1, 0.15) is 0 Å². The lowest BCUT2D eigenvalue weighted by atomic mass is 9.82. The first kappa shape index (κ1) is 14.3. The standard InChI is InChI=1S/C11H22ClNO2S/c1-3-11(4-2)6-8-13(10-11)16(14,15)9-5-7-12/h3-10H2,1-2H3. The van der Waals surface area contributed by atoms with Gasteiger partial charge < -0.3 is 0 Å². The van der Waals surface area contributed by atoms with Gasteiger partial charge in [-0.3, -0.25) is 0 Å². The molecule has 0 aliphatic carbocycles. The smallest absolute Gasteiger partial charge is 0.212 e. The molecule has 0 saturated carbocycles. The Morgan fingerprint density at radius 3 is 2.38 bits per heavy atom. The number of hydrogen-bond acceptors (Lipinski definition) is 2. The highest BCUT2D eigenvalue weighted by Gasteiger charge is 2.39. The van der Waals surface area contributed by atoms with E-state index in [-0.39, 0.29) is 11.2 Å². The molecule has 96 valence electrons. The first-order chi connectivity index (χ1) is 7.49. The minimum absolute atomic E-state index is 0.194. The Hall–Kier alpha value is 0.200. The van der Waals surface area contributed by atoms with E-state index < -0.39 is 10.0 Å². The normalized spacial score (nSPS) is 21.4. The van der Waals surface area contributed by atoms with Crippen LogP contribution in [0.3, 0.4) is 0 Å². The second-order valence-electron chi connectivity index (χ2n) is 4.65. The Bertz CT molecular complexity index is 312. The van der Waals surface area contributed by atoms with Crippen molar-refractivity contribution in [3.63, 3.8) is 0 Å². The maximum atomic E-state index is 12.0. The van der Waals surface area contributed by atoms with Gasteiger partial charge in [-0.05, 0) is 31.1 Å². The average Bonchev–Trinajstić information content (AvgIpc) is 2.72. The van der Waals surface area contributed by atoms with Crippen molar-refractivity contribution in [2.24, 2.45) is 5.41 Å². The van der Waals surface area contributed by atoms with Crippen LogP contribution >= 0.6 is 11.6 Å². The van der Waals surface area contributed by atoms with Crippen LogP contribution in [-0.4, -0.2) is 37.4 Å². The van der Waals surface area contributed by atoms with Crippen molar-refractivity contribution in [1.29, 1.82) is 0 Å². The van der Waals surface area contributed by atoms with E-state index in [1.807, 2.05) is 0 Å². The molecule has 3 nitrogen and oxygen atoms in total. The summed E-state index contributed by atoms with van der Waals surface area (Å²) in [5.74, 6) is 0.611. The molecule has 0 atom stereocenters. The Morgan fingerprint density at radius 1 is 1.31 bits per heavy atom. The van der Waals surface area contributed by atoms with Gasteiger partial charge in [0.2, 0.25) is 10.0 Å². The lowest BCUT2D eigenvalue weighted by Crippen LogP contribution is -2.33. The molecule has 0 amide bonds. The van der Waals surface area contributed by atoms with Gasteiger partial charge in [0.25, 0.3) is 0 Å². The average molecular weight is 268 g/mol. The van der Waals surface area contributed by atoms with Crippen LogP contribution in [0.4, 0.5) is 0 Å². The van der Waals surface area contributed by atoms with E-state index in [9.17, 15) is 8.42 Å². The van der Waals surface area contributed by atoms with Gasteiger partial charge in [0.05, 0.1) is 5.75 Å². The molecular weight excluding hydrogens is 246 g/mol. The fraction of sp³-hybridized carbons (Fsp3) is 1.00. The number of rotatable bonds is 6. The SMILES string of the molecule is CCC1(CC)CCN(S(=O)(=O)CCCCl)C1. The third-order valence-electron chi connectivity index (χ3n) is 3.83. The van der Waals surface area contributed by atoms with Gasteiger partial charge in [-0.1, -0.05) is 13.8 Å². The summed E-state index contributed by atoms with van der Waals surface area (Å²) < 4.78 is 25.6. The molecule has 1 aliphatic rings. The van der Waals surface area contributed by atoms with E-state index in [0.29, 0.717) is 25.4 Å². The van der Waals surface area contributed by atoms with E-state index in [0.717, 1.165) is 19.3 Å². The molecule has 1 heterocycles. The zero-order valence-electron chi connectivity index (χ0n) is 10.2. The molecule has 0 spiro atoms. The quantitative estimate of drug-likeness (QED) is 0.694. The maximum Gasteiger partial charge on any atom is 0.214 e. The summed E-state index contributed by atoms with van der Waals surface area (Å²) >= 11 is 5.54. The van der Waals surface area contributed by atoms with Crippen LogP contribution in [0.25, 0.3) is 0 Å². The van der Waals surface area contributed by atoms with Gasteiger partial charge in [0.15, 0.2) is 0 Å². The molecule has 5 heteroatoms. The molecule has 1 fully saturated rings. The van der Waals surface area contributed by atoms with Gasteiger partial charge in [-0.2, -0.15) is 0 Å². The van der Waals surface area contributed by atoms with Crippen molar-refractivity contribution >= 4 is 21.6 Å². The largest absolute Gasteiger partial charge is 0.214 e. The summed E-state index contributed by atoms with van der Waals surface area (Å²) in [6, 6.07) is 0. The minimum Gasteiger partial charge on any atom is -0.212 e. The molecule has 0 N–H and O–H groups in total. The molecule has 1 saturated heterocycles. The van der Waals surface area contributed by atoms with E-state index >= 15 is 0 Å². The zero-order chi connectivity index (χ0) is 12.2. The second-order valence-corrected chi connectivity index (χ2v) is 7.12. The number of hydrogen-bond donors (Lipinski definition) is 0. The van der Waals surface area contributed by atoms with Crippen LogP contribution in [0.15, 0.2) is 0 Å². The van der Waals surface area contributed by atoms with Gasteiger partial charge in [-0.25, -0.2) is 12.7 Å². The van der Waals surface area contributed by atoms with Crippen molar-refractivity contribution < 1.29 is 8.42 Å². The van der Waals surface area contributed by atoms with Crippen molar-refractivity contribution in [1.82, 2.24) is 4.31 Å². The van der Waals surface area contributed by atoms with Crippen molar-refractivity contribution in [3.8, 4) is 0 Å². The predicted octanol–water partition coefficient (Wildman–Crippen LogP) is 2.46. The molecular formula is C11H22ClNO2S. The summed E-state index contributed by atoms with van der Waals surface area (Å²) in [7, 11) is -3.06.